The van der Waals surface area contributed by atoms with Crippen molar-refractivity contribution >= 4 is 10.2 Å². The van der Waals surface area contributed by atoms with Crippen LogP contribution in [-0.2, 0) is 10.2 Å². The van der Waals surface area contributed by atoms with E-state index in [1.807, 2.05) is 13.8 Å². The maximum Gasteiger partial charge on any atom is 0.279 e. The largest absolute Gasteiger partial charge is 0.279 e. The second-order valence-electron chi connectivity index (χ2n) is 3.69. The van der Waals surface area contributed by atoms with Crippen LogP contribution in [-0.4, -0.2) is 31.9 Å². The average molecular weight is 220 g/mol. The standard InChI is InChI=1S/C9H20N2O2S/c1-3-11(4-2)14(12,13)10-9-7-5-6-8-9/h9-10H,3-8H2,1-2H3. The van der Waals surface area contributed by atoms with E-state index >= 15 is 0 Å². The number of nitrogens with zero attached hydrogens (tertiary/aromatic N) is 1. The molecule has 1 aliphatic carbocycles. The molecule has 0 amide bonds. The maximum absolute atomic E-state index is 11.8. The zero-order valence-electron chi connectivity index (χ0n) is 8.99. The van der Waals surface area contributed by atoms with Crippen LogP contribution in [0.1, 0.15) is 39.5 Å². The molecule has 4 nitrogen and oxygen atoms in total. The van der Waals surface area contributed by atoms with Gasteiger partial charge in [-0.25, -0.2) is 0 Å². The third kappa shape index (κ3) is 2.93. The molecule has 0 spiro atoms. The van der Waals surface area contributed by atoms with Gasteiger partial charge < -0.3 is 0 Å². The van der Waals surface area contributed by atoms with Crippen molar-refractivity contribution in [3.63, 3.8) is 0 Å². The van der Waals surface area contributed by atoms with Crippen molar-refractivity contribution in [2.24, 2.45) is 0 Å². The van der Waals surface area contributed by atoms with Crippen LogP contribution in [0.4, 0.5) is 0 Å². The van der Waals surface area contributed by atoms with E-state index in [-0.39, 0.29) is 6.04 Å². The van der Waals surface area contributed by atoms with Gasteiger partial charge in [0, 0.05) is 19.1 Å². The minimum Gasteiger partial charge on any atom is -0.199 e. The van der Waals surface area contributed by atoms with Crippen molar-refractivity contribution in [2.75, 3.05) is 13.1 Å². The average Bonchev–Trinajstić information content (AvgIpc) is 2.57. The van der Waals surface area contributed by atoms with Crippen LogP contribution < -0.4 is 4.72 Å². The van der Waals surface area contributed by atoms with Gasteiger partial charge in [0.1, 0.15) is 0 Å². The fourth-order valence-electron chi connectivity index (χ4n) is 1.89. The Labute approximate surface area is 86.9 Å². The van der Waals surface area contributed by atoms with Crippen LogP contribution in [0.5, 0.6) is 0 Å². The number of hydrogen-bond acceptors (Lipinski definition) is 2. The normalized spacial score (nSPS) is 19.4. The topological polar surface area (TPSA) is 49.4 Å². The minimum atomic E-state index is -3.22. The molecule has 1 aliphatic rings. The first-order chi connectivity index (χ1) is 6.60. The van der Waals surface area contributed by atoms with Gasteiger partial charge in [-0.1, -0.05) is 26.7 Å². The third-order valence-electron chi connectivity index (χ3n) is 2.72. The summed E-state index contributed by atoms with van der Waals surface area (Å²) in [5, 5.41) is 0. The Morgan fingerprint density at radius 1 is 1.21 bits per heavy atom. The van der Waals surface area contributed by atoms with Gasteiger partial charge in [-0.3, -0.25) is 0 Å². The fraction of sp³-hybridized carbons (Fsp3) is 1.00. The Morgan fingerprint density at radius 3 is 2.14 bits per heavy atom. The Balaban J connectivity index is 2.55. The molecule has 0 aromatic rings. The molecule has 0 bridgehead atoms. The second-order valence-corrected chi connectivity index (χ2v) is 5.39. The lowest BCUT2D eigenvalue weighted by atomic mass is 10.3. The quantitative estimate of drug-likeness (QED) is 0.754. The summed E-state index contributed by atoms with van der Waals surface area (Å²) < 4.78 is 27.7. The number of hydrogen-bond donors (Lipinski definition) is 1. The molecular weight excluding hydrogens is 200 g/mol. The van der Waals surface area contributed by atoms with Crippen LogP contribution in [0, 0.1) is 0 Å². The molecular formula is C9H20N2O2S. The molecule has 0 unspecified atom stereocenters. The predicted octanol–water partition coefficient (Wildman–Crippen LogP) is 1.11. The Morgan fingerprint density at radius 2 is 1.71 bits per heavy atom. The second kappa shape index (κ2) is 5.09. The summed E-state index contributed by atoms with van der Waals surface area (Å²) in [6, 6.07) is 0.167. The van der Waals surface area contributed by atoms with Crippen LogP contribution in [0.2, 0.25) is 0 Å². The summed E-state index contributed by atoms with van der Waals surface area (Å²) in [4.78, 5) is 0. The monoisotopic (exact) mass is 220 g/mol. The van der Waals surface area contributed by atoms with Crippen molar-refractivity contribution < 1.29 is 8.42 Å². The van der Waals surface area contributed by atoms with Gasteiger partial charge in [0.2, 0.25) is 0 Å². The summed E-state index contributed by atoms with van der Waals surface area (Å²) in [7, 11) is -3.22. The van der Waals surface area contributed by atoms with Gasteiger partial charge in [0.25, 0.3) is 10.2 Å². The number of nitrogens with one attached hydrogen (secondary N) is 1. The Hall–Kier alpha value is -0.130. The molecule has 0 atom stereocenters. The van der Waals surface area contributed by atoms with E-state index in [4.69, 9.17) is 0 Å². The van der Waals surface area contributed by atoms with Crippen LogP contribution >= 0.6 is 0 Å². The minimum absolute atomic E-state index is 0.167. The summed E-state index contributed by atoms with van der Waals surface area (Å²) in [6.07, 6.45) is 4.26. The molecule has 0 radical (unpaired) electrons. The first-order valence-corrected chi connectivity index (χ1v) is 6.81. The van der Waals surface area contributed by atoms with Gasteiger partial charge in [-0.2, -0.15) is 17.4 Å². The fourth-order valence-corrected chi connectivity index (χ4v) is 3.38. The number of rotatable bonds is 5. The predicted molar refractivity (Wildman–Crippen MR) is 57.2 cm³/mol. The zero-order valence-corrected chi connectivity index (χ0v) is 9.81. The highest BCUT2D eigenvalue weighted by Gasteiger charge is 2.24. The summed E-state index contributed by atoms with van der Waals surface area (Å²) in [6.45, 7) is 4.80. The lowest BCUT2D eigenvalue weighted by molar-refractivity contribution is 0.425. The molecule has 1 saturated carbocycles. The highest BCUT2D eigenvalue weighted by molar-refractivity contribution is 7.87. The molecule has 1 N–H and O–H groups in total. The van der Waals surface area contributed by atoms with E-state index in [1.165, 1.54) is 4.31 Å². The molecule has 0 aliphatic heterocycles. The lowest BCUT2D eigenvalue weighted by Gasteiger charge is -2.21. The molecule has 0 heterocycles. The smallest absolute Gasteiger partial charge is 0.199 e. The van der Waals surface area contributed by atoms with Crippen molar-refractivity contribution in [1.82, 2.24) is 9.03 Å². The molecule has 0 aromatic heterocycles. The summed E-state index contributed by atoms with van der Waals surface area (Å²) in [5.74, 6) is 0. The van der Waals surface area contributed by atoms with Gasteiger partial charge in [0.15, 0.2) is 0 Å². The maximum atomic E-state index is 11.8. The van der Waals surface area contributed by atoms with E-state index in [2.05, 4.69) is 4.72 Å². The van der Waals surface area contributed by atoms with E-state index < -0.39 is 10.2 Å². The SMILES string of the molecule is CCN(CC)S(=O)(=O)NC1CCCC1. The summed E-state index contributed by atoms with van der Waals surface area (Å²) in [5.41, 5.74) is 0. The van der Waals surface area contributed by atoms with Crippen molar-refractivity contribution in [3.8, 4) is 0 Å². The van der Waals surface area contributed by atoms with Gasteiger partial charge in [0.05, 0.1) is 0 Å². The molecule has 14 heavy (non-hydrogen) atoms. The molecule has 0 saturated heterocycles. The van der Waals surface area contributed by atoms with Gasteiger partial charge in [-0.05, 0) is 12.8 Å². The first kappa shape index (κ1) is 11.9. The van der Waals surface area contributed by atoms with Crippen molar-refractivity contribution in [1.29, 1.82) is 0 Å². The summed E-state index contributed by atoms with van der Waals surface area (Å²) >= 11 is 0. The lowest BCUT2D eigenvalue weighted by Crippen LogP contribution is -2.44. The first-order valence-electron chi connectivity index (χ1n) is 5.37. The molecule has 84 valence electrons. The highest BCUT2D eigenvalue weighted by atomic mass is 32.2. The Kier molecular flexibility index (Phi) is 4.34. The van der Waals surface area contributed by atoms with Crippen LogP contribution in [0.3, 0.4) is 0 Å². The van der Waals surface area contributed by atoms with E-state index in [0.29, 0.717) is 13.1 Å². The molecule has 5 heteroatoms. The van der Waals surface area contributed by atoms with Crippen molar-refractivity contribution in [2.45, 2.75) is 45.6 Å². The molecule has 1 fully saturated rings. The Bertz CT molecular complexity index is 254. The van der Waals surface area contributed by atoms with Gasteiger partial charge >= 0.3 is 0 Å². The van der Waals surface area contributed by atoms with E-state index in [0.717, 1.165) is 25.7 Å². The molecule has 1 rings (SSSR count). The third-order valence-corrected chi connectivity index (χ3v) is 4.54. The van der Waals surface area contributed by atoms with Gasteiger partial charge in [-0.15, -0.1) is 0 Å². The van der Waals surface area contributed by atoms with Crippen molar-refractivity contribution in [3.05, 3.63) is 0 Å². The van der Waals surface area contributed by atoms with Crippen LogP contribution in [0.25, 0.3) is 0 Å². The van der Waals surface area contributed by atoms with E-state index in [9.17, 15) is 8.42 Å². The highest BCUT2D eigenvalue weighted by Crippen LogP contribution is 2.18. The van der Waals surface area contributed by atoms with E-state index in [1.54, 1.807) is 0 Å². The molecule has 0 aromatic carbocycles. The van der Waals surface area contributed by atoms with Crippen LogP contribution in [0.15, 0.2) is 0 Å². The zero-order chi connectivity index (χ0) is 10.6.